The van der Waals surface area contributed by atoms with Crippen LogP contribution in [0.15, 0.2) is 61.1 Å². The van der Waals surface area contributed by atoms with Crippen molar-refractivity contribution in [2.24, 2.45) is 7.05 Å². The van der Waals surface area contributed by atoms with Crippen LogP contribution < -0.4 is 21.5 Å². The summed E-state index contributed by atoms with van der Waals surface area (Å²) in [6, 6.07) is 14.8. The van der Waals surface area contributed by atoms with E-state index >= 15 is 0 Å². The van der Waals surface area contributed by atoms with Gasteiger partial charge in [-0.3, -0.25) is 0 Å². The number of halogens is 1. The van der Waals surface area contributed by atoms with Gasteiger partial charge >= 0.3 is 0 Å². The second-order valence-corrected chi connectivity index (χ2v) is 4.65. The quantitative estimate of drug-likeness (QED) is 0.587. The number of rotatable bonds is 3. The Morgan fingerprint density at radius 3 is 2.53 bits per heavy atom. The van der Waals surface area contributed by atoms with Gasteiger partial charge < -0.3 is 21.5 Å². The monoisotopic (exact) mass is 316 g/mol. The van der Waals surface area contributed by atoms with Crippen LogP contribution in [0.5, 0.6) is 0 Å². The zero-order valence-corrected chi connectivity index (χ0v) is 12.5. The lowest BCUT2D eigenvalue weighted by Gasteiger charge is -1.96. The highest BCUT2D eigenvalue weighted by atomic mass is 79.9. The normalized spacial score (nSPS) is 10.4. The topological polar surface area (TPSA) is 8.81 Å². The zero-order chi connectivity index (χ0) is 12.4. The molecule has 0 spiro atoms. The first-order chi connectivity index (χ1) is 8.84. The molecule has 3 rings (SSSR count). The van der Waals surface area contributed by atoms with Crippen molar-refractivity contribution in [1.29, 1.82) is 0 Å². The molecule has 2 aromatic heterocycles. The molecule has 0 atom stereocenters. The first-order valence-electron chi connectivity index (χ1n) is 6.31. The molecule has 2 heterocycles. The fraction of sp³-hybridized carbons (Fsp3) is 0.188. The summed E-state index contributed by atoms with van der Waals surface area (Å²) in [5.74, 6) is 0. The van der Waals surface area contributed by atoms with Gasteiger partial charge in [0.25, 0.3) is 0 Å². The third-order valence-electron chi connectivity index (χ3n) is 3.40. The average Bonchev–Trinajstić information content (AvgIpc) is 2.75. The molecule has 0 radical (unpaired) electrons. The number of benzene rings is 1. The van der Waals surface area contributed by atoms with Gasteiger partial charge in [-0.15, -0.1) is 0 Å². The average molecular weight is 317 g/mol. The van der Waals surface area contributed by atoms with E-state index in [2.05, 4.69) is 77.2 Å². The molecule has 0 N–H and O–H groups in total. The van der Waals surface area contributed by atoms with Crippen LogP contribution in [0.25, 0.3) is 10.9 Å². The van der Waals surface area contributed by atoms with E-state index in [9.17, 15) is 0 Å². The number of aryl methyl sites for hydroxylation is 3. The minimum absolute atomic E-state index is 0. The molecule has 3 heteroatoms. The molecular formula is C16H17BrN2. The van der Waals surface area contributed by atoms with Crippen molar-refractivity contribution in [3.05, 3.63) is 66.6 Å². The molecule has 2 nitrogen and oxygen atoms in total. The fourth-order valence-electron chi connectivity index (χ4n) is 2.46. The first kappa shape index (κ1) is 13.8. The van der Waals surface area contributed by atoms with E-state index < -0.39 is 0 Å². The maximum Gasteiger partial charge on any atom is 0.168 e. The second kappa shape index (κ2) is 6.02. The molecule has 0 unspecified atom stereocenters. The Labute approximate surface area is 124 Å². The van der Waals surface area contributed by atoms with Gasteiger partial charge in [-0.1, -0.05) is 24.3 Å². The van der Waals surface area contributed by atoms with Crippen LogP contribution >= 0.6 is 0 Å². The third kappa shape index (κ3) is 2.87. The van der Waals surface area contributed by atoms with Gasteiger partial charge in [0.15, 0.2) is 18.9 Å². The number of hydrogen-bond donors (Lipinski definition) is 0. The summed E-state index contributed by atoms with van der Waals surface area (Å²) in [6.45, 7) is 1.02. The second-order valence-electron chi connectivity index (χ2n) is 4.65. The standard InChI is InChI=1S/C16H17N2.BrH/c1-17-13-14(15-7-3-4-8-16(15)17)9-12-18-10-5-2-6-11-18;/h2-8,10-11,13H,9,12H2,1H3;1H/q+1;/p-1. The van der Waals surface area contributed by atoms with Gasteiger partial charge in [-0.2, -0.15) is 0 Å². The van der Waals surface area contributed by atoms with Crippen LogP contribution in [0.2, 0.25) is 0 Å². The highest BCUT2D eigenvalue weighted by Gasteiger charge is 2.07. The van der Waals surface area contributed by atoms with Crippen molar-refractivity contribution >= 4 is 10.9 Å². The summed E-state index contributed by atoms with van der Waals surface area (Å²) in [4.78, 5) is 0. The molecule has 0 saturated heterocycles. The van der Waals surface area contributed by atoms with Crippen molar-refractivity contribution in [1.82, 2.24) is 4.57 Å². The molecule has 0 fully saturated rings. The van der Waals surface area contributed by atoms with Crippen molar-refractivity contribution < 1.29 is 21.5 Å². The summed E-state index contributed by atoms with van der Waals surface area (Å²) in [5.41, 5.74) is 2.73. The number of para-hydroxylation sites is 1. The minimum Gasteiger partial charge on any atom is -1.00 e. The molecule has 1 aromatic carbocycles. The lowest BCUT2D eigenvalue weighted by Crippen LogP contribution is -3.00. The smallest absolute Gasteiger partial charge is 0.168 e. The molecule has 0 saturated carbocycles. The highest BCUT2D eigenvalue weighted by molar-refractivity contribution is 5.83. The van der Waals surface area contributed by atoms with Crippen LogP contribution in [0, 0.1) is 0 Å². The van der Waals surface area contributed by atoms with Crippen molar-refractivity contribution in [2.75, 3.05) is 0 Å². The molecular weight excluding hydrogens is 300 g/mol. The van der Waals surface area contributed by atoms with Gasteiger partial charge in [0.1, 0.15) is 0 Å². The van der Waals surface area contributed by atoms with Crippen LogP contribution in [-0.4, -0.2) is 4.57 Å². The molecule has 0 bridgehead atoms. The van der Waals surface area contributed by atoms with E-state index in [1.807, 2.05) is 0 Å². The maximum atomic E-state index is 2.24. The summed E-state index contributed by atoms with van der Waals surface area (Å²) >= 11 is 0. The Kier molecular flexibility index (Phi) is 4.38. The Morgan fingerprint density at radius 2 is 1.74 bits per heavy atom. The van der Waals surface area contributed by atoms with Gasteiger partial charge in [0, 0.05) is 42.7 Å². The number of hydrogen-bond acceptors (Lipinski definition) is 0. The number of nitrogens with zero attached hydrogens (tertiary/aromatic N) is 2. The lowest BCUT2D eigenvalue weighted by molar-refractivity contribution is -0.696. The number of fused-ring (bicyclic) bond motifs is 1. The Morgan fingerprint density at radius 1 is 1.00 bits per heavy atom. The third-order valence-corrected chi connectivity index (χ3v) is 3.40. The lowest BCUT2D eigenvalue weighted by atomic mass is 10.1. The Balaban J connectivity index is 0.00000133. The van der Waals surface area contributed by atoms with Gasteiger partial charge in [-0.25, -0.2) is 4.57 Å². The minimum atomic E-state index is 0. The zero-order valence-electron chi connectivity index (χ0n) is 11.0. The maximum absolute atomic E-state index is 2.24. The van der Waals surface area contributed by atoms with E-state index in [1.165, 1.54) is 16.5 Å². The predicted octanol–water partition coefficient (Wildman–Crippen LogP) is -0.288. The first-order valence-corrected chi connectivity index (χ1v) is 6.31. The highest BCUT2D eigenvalue weighted by Crippen LogP contribution is 2.20. The summed E-state index contributed by atoms with van der Waals surface area (Å²) in [7, 11) is 2.11. The molecule has 0 aliphatic carbocycles. The van der Waals surface area contributed by atoms with Crippen molar-refractivity contribution in [3.63, 3.8) is 0 Å². The van der Waals surface area contributed by atoms with Crippen molar-refractivity contribution in [2.45, 2.75) is 13.0 Å². The van der Waals surface area contributed by atoms with E-state index in [0.717, 1.165) is 13.0 Å². The Bertz CT molecular complexity index is 659. The predicted molar refractivity (Wildman–Crippen MR) is 73.3 cm³/mol. The summed E-state index contributed by atoms with van der Waals surface area (Å²) < 4.78 is 4.43. The van der Waals surface area contributed by atoms with Gasteiger partial charge in [0.2, 0.25) is 0 Å². The van der Waals surface area contributed by atoms with Gasteiger partial charge in [-0.05, 0) is 11.6 Å². The van der Waals surface area contributed by atoms with E-state index in [-0.39, 0.29) is 17.0 Å². The molecule has 0 amide bonds. The molecule has 98 valence electrons. The van der Waals surface area contributed by atoms with Crippen LogP contribution in [0.4, 0.5) is 0 Å². The molecule has 3 aromatic rings. The van der Waals surface area contributed by atoms with Crippen molar-refractivity contribution in [3.8, 4) is 0 Å². The number of aromatic nitrogens is 2. The van der Waals surface area contributed by atoms with E-state index in [0.29, 0.717) is 0 Å². The Hall–Kier alpha value is -1.61. The number of pyridine rings is 1. The summed E-state index contributed by atoms with van der Waals surface area (Å²) in [6.07, 6.45) is 7.54. The van der Waals surface area contributed by atoms with Crippen LogP contribution in [0.3, 0.4) is 0 Å². The van der Waals surface area contributed by atoms with Gasteiger partial charge in [0.05, 0.1) is 0 Å². The largest absolute Gasteiger partial charge is 1.00 e. The van der Waals surface area contributed by atoms with E-state index in [4.69, 9.17) is 0 Å². The molecule has 19 heavy (non-hydrogen) atoms. The SMILES string of the molecule is Cn1cc(CC[n+]2ccccc2)c2ccccc21.[Br-]. The molecule has 0 aliphatic rings. The van der Waals surface area contributed by atoms with E-state index in [1.54, 1.807) is 0 Å². The summed E-state index contributed by atoms with van der Waals surface area (Å²) in [5, 5.41) is 1.37. The molecule has 0 aliphatic heterocycles. The van der Waals surface area contributed by atoms with Crippen LogP contribution in [-0.2, 0) is 20.0 Å². The van der Waals surface area contributed by atoms with Crippen LogP contribution in [0.1, 0.15) is 5.56 Å². The fourth-order valence-corrected chi connectivity index (χ4v) is 2.46.